The van der Waals surface area contributed by atoms with Crippen LogP contribution in [0.5, 0.6) is 0 Å². The zero-order valence-electron chi connectivity index (χ0n) is 11.9. The maximum atomic E-state index is 13.5. The molecule has 0 bridgehead atoms. The molecule has 0 saturated heterocycles. The molecule has 2 rings (SSSR count). The van der Waals surface area contributed by atoms with Crippen LogP contribution in [0, 0.1) is 12.7 Å². The molecule has 110 valence electrons. The van der Waals surface area contributed by atoms with Crippen molar-refractivity contribution in [1.29, 1.82) is 0 Å². The number of amides is 2. The fraction of sp³-hybridized carbons (Fsp3) is 0.188. The smallest absolute Gasteiger partial charge is 0.323 e. The van der Waals surface area contributed by atoms with Crippen molar-refractivity contribution in [1.82, 2.24) is 0 Å². The second kappa shape index (κ2) is 6.37. The summed E-state index contributed by atoms with van der Waals surface area (Å²) in [4.78, 5) is 11.8. The number of nitrogens with one attached hydrogen (secondary N) is 2. The first-order chi connectivity index (χ1) is 9.95. The highest BCUT2D eigenvalue weighted by Gasteiger charge is 2.08. The molecule has 0 fully saturated rings. The van der Waals surface area contributed by atoms with E-state index in [2.05, 4.69) is 10.6 Å². The van der Waals surface area contributed by atoms with Crippen LogP contribution in [0.25, 0.3) is 0 Å². The first-order valence-electron chi connectivity index (χ1n) is 6.58. The number of carbonyl (C=O) groups excluding carboxylic acids is 1. The Morgan fingerprint density at radius 1 is 1.14 bits per heavy atom. The zero-order chi connectivity index (χ0) is 15.4. The highest BCUT2D eigenvalue weighted by atomic mass is 19.1. The Hall–Kier alpha value is -2.40. The van der Waals surface area contributed by atoms with E-state index in [0.717, 1.165) is 11.1 Å². The van der Waals surface area contributed by atoms with Gasteiger partial charge >= 0.3 is 6.03 Å². The zero-order valence-corrected chi connectivity index (χ0v) is 11.9. The van der Waals surface area contributed by atoms with E-state index in [1.807, 2.05) is 6.92 Å². The third-order valence-corrected chi connectivity index (χ3v) is 3.02. The van der Waals surface area contributed by atoms with Crippen molar-refractivity contribution >= 4 is 17.4 Å². The number of aryl methyl sites for hydroxylation is 1. The first kappa shape index (κ1) is 15.0. The van der Waals surface area contributed by atoms with Gasteiger partial charge in [0.05, 0.1) is 11.8 Å². The number of urea groups is 1. The number of rotatable bonds is 3. The van der Waals surface area contributed by atoms with Crippen LogP contribution in [0.1, 0.15) is 24.2 Å². The Morgan fingerprint density at radius 3 is 2.43 bits per heavy atom. The predicted octanol–water partition coefficient (Wildman–Crippen LogP) is 3.83. The molecule has 1 unspecified atom stereocenters. The number of benzene rings is 2. The topological polar surface area (TPSA) is 61.4 Å². The second-order valence-electron chi connectivity index (χ2n) is 4.86. The largest absolute Gasteiger partial charge is 0.389 e. The van der Waals surface area contributed by atoms with Crippen LogP contribution in [-0.2, 0) is 0 Å². The average molecular weight is 288 g/mol. The molecule has 0 aliphatic rings. The molecule has 0 aliphatic heterocycles. The van der Waals surface area contributed by atoms with Gasteiger partial charge in [-0.25, -0.2) is 9.18 Å². The molecular weight excluding hydrogens is 271 g/mol. The molecule has 1 atom stereocenters. The molecule has 0 radical (unpaired) electrons. The van der Waals surface area contributed by atoms with Crippen molar-refractivity contribution in [3.63, 3.8) is 0 Å². The van der Waals surface area contributed by atoms with E-state index in [0.29, 0.717) is 5.69 Å². The number of hydrogen-bond acceptors (Lipinski definition) is 2. The van der Waals surface area contributed by atoms with E-state index >= 15 is 0 Å². The van der Waals surface area contributed by atoms with E-state index in [-0.39, 0.29) is 5.69 Å². The molecule has 0 spiro atoms. The number of anilines is 2. The van der Waals surface area contributed by atoms with Crippen molar-refractivity contribution in [3.05, 3.63) is 59.4 Å². The lowest BCUT2D eigenvalue weighted by Crippen LogP contribution is -2.20. The molecule has 5 heteroatoms. The number of carbonyl (C=O) groups is 1. The van der Waals surface area contributed by atoms with Gasteiger partial charge in [-0.1, -0.05) is 18.2 Å². The lowest BCUT2D eigenvalue weighted by molar-refractivity contribution is 0.199. The Morgan fingerprint density at radius 2 is 1.81 bits per heavy atom. The monoisotopic (exact) mass is 288 g/mol. The Balaban J connectivity index is 2.03. The summed E-state index contributed by atoms with van der Waals surface area (Å²) in [5.41, 5.74) is 2.30. The minimum atomic E-state index is -0.561. The third kappa shape index (κ3) is 4.03. The van der Waals surface area contributed by atoms with Gasteiger partial charge in [0.2, 0.25) is 0 Å². The Kier molecular flexibility index (Phi) is 4.55. The highest BCUT2D eigenvalue weighted by Crippen LogP contribution is 2.18. The lowest BCUT2D eigenvalue weighted by atomic mass is 10.1. The van der Waals surface area contributed by atoms with Crippen molar-refractivity contribution in [2.24, 2.45) is 0 Å². The molecule has 2 aromatic carbocycles. The molecule has 0 aliphatic carbocycles. The fourth-order valence-electron chi connectivity index (χ4n) is 1.86. The summed E-state index contributed by atoms with van der Waals surface area (Å²) in [5, 5.41) is 14.5. The predicted molar refractivity (Wildman–Crippen MR) is 80.9 cm³/mol. The molecular formula is C16H17FN2O2. The lowest BCUT2D eigenvalue weighted by Gasteiger charge is -2.10. The minimum absolute atomic E-state index is 0.133. The maximum absolute atomic E-state index is 13.5. The van der Waals surface area contributed by atoms with Crippen molar-refractivity contribution < 1.29 is 14.3 Å². The summed E-state index contributed by atoms with van der Waals surface area (Å²) >= 11 is 0. The van der Waals surface area contributed by atoms with Crippen molar-refractivity contribution in [2.75, 3.05) is 10.6 Å². The van der Waals surface area contributed by atoms with Gasteiger partial charge in [0.1, 0.15) is 5.82 Å². The third-order valence-electron chi connectivity index (χ3n) is 3.02. The van der Waals surface area contributed by atoms with Crippen molar-refractivity contribution in [2.45, 2.75) is 20.0 Å². The van der Waals surface area contributed by atoms with Gasteiger partial charge in [0.15, 0.2) is 0 Å². The van der Waals surface area contributed by atoms with Crippen LogP contribution in [0.2, 0.25) is 0 Å². The van der Waals surface area contributed by atoms with E-state index < -0.39 is 18.0 Å². The van der Waals surface area contributed by atoms with Gasteiger partial charge in [-0.3, -0.25) is 0 Å². The summed E-state index contributed by atoms with van der Waals surface area (Å²) in [6.07, 6.45) is -0.561. The molecule has 2 amide bonds. The van der Waals surface area contributed by atoms with E-state index in [9.17, 15) is 14.3 Å². The van der Waals surface area contributed by atoms with Gasteiger partial charge in [-0.15, -0.1) is 0 Å². The van der Waals surface area contributed by atoms with Gasteiger partial charge in [-0.2, -0.15) is 0 Å². The Labute approximate surface area is 122 Å². The maximum Gasteiger partial charge on any atom is 0.323 e. The van der Waals surface area contributed by atoms with Gasteiger partial charge in [0, 0.05) is 5.69 Å². The second-order valence-corrected chi connectivity index (χ2v) is 4.86. The van der Waals surface area contributed by atoms with Gasteiger partial charge in [-0.05, 0) is 49.2 Å². The standard InChI is InChI=1S/C16H17FN2O2/c1-10-3-8-14(17)15(9-10)19-16(21)18-13-6-4-12(5-7-13)11(2)20/h3-9,11,20H,1-2H3,(H2,18,19,21). The number of hydrogen-bond donors (Lipinski definition) is 3. The highest BCUT2D eigenvalue weighted by molar-refractivity contribution is 5.99. The summed E-state index contributed by atoms with van der Waals surface area (Å²) in [6.45, 7) is 3.48. The van der Waals surface area contributed by atoms with Crippen LogP contribution in [0.4, 0.5) is 20.6 Å². The molecule has 4 nitrogen and oxygen atoms in total. The molecule has 0 saturated carbocycles. The quantitative estimate of drug-likeness (QED) is 0.803. The van der Waals surface area contributed by atoms with E-state index in [1.54, 1.807) is 43.3 Å². The van der Waals surface area contributed by atoms with Crippen LogP contribution < -0.4 is 10.6 Å². The van der Waals surface area contributed by atoms with Crippen LogP contribution in [0.3, 0.4) is 0 Å². The summed E-state index contributed by atoms with van der Waals surface area (Å²) < 4.78 is 13.5. The van der Waals surface area contributed by atoms with Crippen LogP contribution in [0.15, 0.2) is 42.5 Å². The van der Waals surface area contributed by atoms with E-state index in [4.69, 9.17) is 0 Å². The van der Waals surface area contributed by atoms with E-state index in [1.165, 1.54) is 6.07 Å². The summed E-state index contributed by atoms with van der Waals surface area (Å²) in [7, 11) is 0. The number of aliphatic hydroxyl groups is 1. The van der Waals surface area contributed by atoms with Gasteiger partial charge in [0.25, 0.3) is 0 Å². The average Bonchev–Trinajstić information content (AvgIpc) is 2.43. The summed E-state index contributed by atoms with van der Waals surface area (Å²) in [6, 6.07) is 10.8. The van der Waals surface area contributed by atoms with Gasteiger partial charge < -0.3 is 15.7 Å². The molecule has 3 N–H and O–H groups in total. The normalized spacial score (nSPS) is 11.8. The summed E-state index contributed by atoms with van der Waals surface area (Å²) in [5.74, 6) is -0.486. The number of aliphatic hydroxyl groups excluding tert-OH is 1. The van der Waals surface area contributed by atoms with Crippen LogP contribution >= 0.6 is 0 Å². The number of halogens is 1. The molecule has 0 aromatic heterocycles. The fourth-order valence-corrected chi connectivity index (χ4v) is 1.86. The molecule has 21 heavy (non-hydrogen) atoms. The van der Waals surface area contributed by atoms with Crippen LogP contribution in [-0.4, -0.2) is 11.1 Å². The Bertz CT molecular complexity index is 639. The molecule has 0 heterocycles. The SMILES string of the molecule is Cc1ccc(F)c(NC(=O)Nc2ccc(C(C)O)cc2)c1. The van der Waals surface area contributed by atoms with Crippen molar-refractivity contribution in [3.8, 4) is 0 Å². The molecule has 2 aromatic rings. The minimum Gasteiger partial charge on any atom is -0.389 e. The first-order valence-corrected chi connectivity index (χ1v) is 6.58.